The van der Waals surface area contributed by atoms with E-state index in [-0.39, 0.29) is 17.1 Å². The number of hydrogen-bond acceptors (Lipinski definition) is 3. The average molecular weight is 285 g/mol. The van der Waals surface area contributed by atoms with Gasteiger partial charge >= 0.3 is 0 Å². The van der Waals surface area contributed by atoms with Crippen LogP contribution >= 0.6 is 0 Å². The predicted molar refractivity (Wildman–Crippen MR) is 80.1 cm³/mol. The lowest BCUT2D eigenvalue weighted by atomic mass is 9.87. The van der Waals surface area contributed by atoms with Crippen molar-refractivity contribution >= 4 is 11.6 Å². The Labute approximate surface area is 120 Å². The summed E-state index contributed by atoms with van der Waals surface area (Å²) in [6.07, 6.45) is 4.61. The van der Waals surface area contributed by atoms with Crippen LogP contribution in [-0.2, 0) is 0 Å². The molecule has 1 heterocycles. The summed E-state index contributed by atoms with van der Waals surface area (Å²) in [5, 5.41) is 5.60. The fourth-order valence-electron chi connectivity index (χ4n) is 2.03. The molecular weight excluding hydrogens is 260 g/mol. The molecule has 114 valence electrons. The highest BCUT2D eigenvalue weighted by atomic mass is 19.1. The van der Waals surface area contributed by atoms with Crippen molar-refractivity contribution in [2.24, 2.45) is 5.41 Å². The van der Waals surface area contributed by atoms with Crippen molar-refractivity contribution in [2.45, 2.75) is 46.5 Å². The zero-order chi connectivity index (χ0) is 15.2. The molecule has 1 aromatic heterocycles. The van der Waals surface area contributed by atoms with Crippen LogP contribution in [0.2, 0.25) is 0 Å². The fourth-order valence-corrected chi connectivity index (χ4v) is 2.03. The Bertz CT molecular complexity index is 433. The number of anilines is 2. The highest BCUT2D eigenvalue weighted by Gasteiger charge is 2.19. The molecular formula is C15H25F2N3. The van der Waals surface area contributed by atoms with Crippen molar-refractivity contribution in [3.8, 4) is 0 Å². The minimum atomic E-state index is -0.683. The van der Waals surface area contributed by atoms with E-state index in [9.17, 15) is 8.78 Å². The maximum atomic E-state index is 13.7. The standard InChI is InChI=1S/C15H25F2N3/c1-5-6-7-8-15(2,3)10-19-14-12(17)9-11(16)13(18-4)20-14/h9H,5-8,10H2,1-4H3,(H2,18,19,20). The number of rotatable bonds is 8. The van der Waals surface area contributed by atoms with Gasteiger partial charge in [-0.2, -0.15) is 0 Å². The number of unbranched alkanes of at least 4 members (excludes halogenated alkanes) is 2. The summed E-state index contributed by atoms with van der Waals surface area (Å²) in [5.41, 5.74) is 0.0531. The van der Waals surface area contributed by atoms with Crippen LogP contribution in [0.25, 0.3) is 0 Å². The van der Waals surface area contributed by atoms with Crippen LogP contribution in [0.4, 0.5) is 20.4 Å². The Morgan fingerprint density at radius 1 is 1.15 bits per heavy atom. The third-order valence-electron chi connectivity index (χ3n) is 3.36. The SMILES string of the molecule is CCCCCC(C)(C)CNc1nc(NC)c(F)cc1F. The van der Waals surface area contributed by atoms with Gasteiger partial charge in [0.25, 0.3) is 0 Å². The Hall–Kier alpha value is -1.39. The van der Waals surface area contributed by atoms with Crippen LogP contribution in [0.3, 0.4) is 0 Å². The van der Waals surface area contributed by atoms with Gasteiger partial charge in [0, 0.05) is 19.7 Å². The van der Waals surface area contributed by atoms with Crippen LogP contribution in [0.15, 0.2) is 6.07 Å². The second-order valence-electron chi connectivity index (χ2n) is 5.87. The smallest absolute Gasteiger partial charge is 0.168 e. The molecule has 0 aliphatic heterocycles. The van der Waals surface area contributed by atoms with E-state index in [0.717, 1.165) is 18.9 Å². The maximum Gasteiger partial charge on any atom is 0.168 e. The van der Waals surface area contributed by atoms with Gasteiger partial charge < -0.3 is 10.6 Å². The Kier molecular flexibility index (Phi) is 6.17. The van der Waals surface area contributed by atoms with Gasteiger partial charge in [-0.3, -0.25) is 0 Å². The van der Waals surface area contributed by atoms with Gasteiger partial charge in [-0.15, -0.1) is 0 Å². The predicted octanol–water partition coefficient (Wildman–Crippen LogP) is 4.42. The van der Waals surface area contributed by atoms with Crippen LogP contribution in [0.1, 0.15) is 46.5 Å². The minimum Gasteiger partial charge on any atom is -0.371 e. The fraction of sp³-hybridized carbons (Fsp3) is 0.667. The first-order valence-electron chi connectivity index (χ1n) is 7.17. The number of halogens is 2. The highest BCUT2D eigenvalue weighted by molar-refractivity contribution is 5.47. The molecule has 1 aromatic rings. The first-order valence-corrected chi connectivity index (χ1v) is 7.17. The van der Waals surface area contributed by atoms with Gasteiger partial charge in [-0.1, -0.05) is 40.0 Å². The lowest BCUT2D eigenvalue weighted by molar-refractivity contribution is 0.341. The Morgan fingerprint density at radius 3 is 2.40 bits per heavy atom. The summed E-state index contributed by atoms with van der Waals surface area (Å²) in [6.45, 7) is 7.05. The molecule has 0 saturated carbocycles. The molecule has 0 spiro atoms. The molecule has 0 bridgehead atoms. The number of hydrogen-bond donors (Lipinski definition) is 2. The summed E-state index contributed by atoms with van der Waals surface area (Å²) in [7, 11) is 1.56. The second kappa shape index (κ2) is 7.41. The van der Waals surface area contributed by atoms with Crippen molar-refractivity contribution in [1.29, 1.82) is 0 Å². The van der Waals surface area contributed by atoms with E-state index in [1.54, 1.807) is 7.05 Å². The third-order valence-corrected chi connectivity index (χ3v) is 3.36. The zero-order valence-corrected chi connectivity index (χ0v) is 12.8. The molecule has 0 unspecified atom stereocenters. The first-order chi connectivity index (χ1) is 9.39. The Balaban J connectivity index is 2.64. The van der Waals surface area contributed by atoms with Crippen molar-refractivity contribution in [3.63, 3.8) is 0 Å². The summed E-state index contributed by atoms with van der Waals surface area (Å²) in [4.78, 5) is 3.92. The van der Waals surface area contributed by atoms with E-state index in [1.165, 1.54) is 12.8 Å². The monoisotopic (exact) mass is 285 g/mol. The number of nitrogens with one attached hydrogen (secondary N) is 2. The summed E-state index contributed by atoms with van der Waals surface area (Å²) < 4.78 is 27.0. The third kappa shape index (κ3) is 4.94. The second-order valence-corrected chi connectivity index (χ2v) is 5.87. The largest absolute Gasteiger partial charge is 0.371 e. The van der Waals surface area contributed by atoms with Crippen molar-refractivity contribution in [1.82, 2.24) is 4.98 Å². The highest BCUT2D eigenvalue weighted by Crippen LogP contribution is 2.25. The van der Waals surface area contributed by atoms with Crippen LogP contribution in [0.5, 0.6) is 0 Å². The van der Waals surface area contributed by atoms with E-state index in [1.807, 2.05) is 0 Å². The lowest BCUT2D eigenvalue weighted by Gasteiger charge is -2.25. The van der Waals surface area contributed by atoms with Crippen LogP contribution in [-0.4, -0.2) is 18.6 Å². The minimum absolute atomic E-state index is 0.0531. The number of aromatic nitrogens is 1. The van der Waals surface area contributed by atoms with E-state index in [0.29, 0.717) is 6.54 Å². The van der Waals surface area contributed by atoms with Crippen LogP contribution in [0, 0.1) is 17.0 Å². The maximum absolute atomic E-state index is 13.7. The molecule has 0 aliphatic rings. The van der Waals surface area contributed by atoms with Gasteiger partial charge in [-0.25, -0.2) is 13.8 Å². The topological polar surface area (TPSA) is 37.0 Å². The molecule has 1 rings (SSSR count). The molecule has 2 N–H and O–H groups in total. The summed E-state index contributed by atoms with van der Waals surface area (Å²) in [6, 6.07) is 0.852. The van der Waals surface area contributed by atoms with E-state index in [4.69, 9.17) is 0 Å². The average Bonchev–Trinajstić information content (AvgIpc) is 2.38. The molecule has 5 heteroatoms. The summed E-state index contributed by atoms with van der Waals surface area (Å²) >= 11 is 0. The quantitative estimate of drug-likeness (QED) is 0.694. The first kappa shape index (κ1) is 16.7. The van der Waals surface area contributed by atoms with Crippen molar-refractivity contribution in [2.75, 3.05) is 24.2 Å². The molecule has 0 atom stereocenters. The molecule has 20 heavy (non-hydrogen) atoms. The van der Waals surface area contributed by atoms with Gasteiger partial charge in [0.05, 0.1) is 0 Å². The molecule has 0 fully saturated rings. The van der Waals surface area contributed by atoms with Crippen LogP contribution < -0.4 is 10.6 Å². The molecule has 0 aliphatic carbocycles. The van der Waals surface area contributed by atoms with Gasteiger partial charge in [0.2, 0.25) is 0 Å². The molecule has 0 aromatic carbocycles. The molecule has 0 amide bonds. The molecule has 0 radical (unpaired) electrons. The normalized spacial score (nSPS) is 11.5. The molecule has 3 nitrogen and oxygen atoms in total. The van der Waals surface area contributed by atoms with E-state index >= 15 is 0 Å². The van der Waals surface area contributed by atoms with E-state index in [2.05, 4.69) is 36.4 Å². The van der Waals surface area contributed by atoms with Crippen molar-refractivity contribution < 1.29 is 8.78 Å². The zero-order valence-electron chi connectivity index (χ0n) is 12.8. The molecule has 0 saturated heterocycles. The Morgan fingerprint density at radius 2 is 1.80 bits per heavy atom. The number of pyridine rings is 1. The van der Waals surface area contributed by atoms with Crippen molar-refractivity contribution in [3.05, 3.63) is 17.7 Å². The van der Waals surface area contributed by atoms with Gasteiger partial charge in [0.15, 0.2) is 23.3 Å². The van der Waals surface area contributed by atoms with E-state index < -0.39 is 11.6 Å². The number of nitrogens with zero attached hydrogens (tertiary/aromatic N) is 1. The summed E-state index contributed by atoms with van der Waals surface area (Å²) in [5.74, 6) is -1.19. The lowest BCUT2D eigenvalue weighted by Crippen LogP contribution is -2.24. The van der Waals surface area contributed by atoms with Gasteiger partial charge in [0.1, 0.15) is 0 Å². The van der Waals surface area contributed by atoms with Gasteiger partial charge in [-0.05, 0) is 11.8 Å².